The van der Waals surface area contributed by atoms with E-state index in [1.165, 1.54) is 66.7 Å². The molecule has 5 atom stereocenters. The smallest absolute Gasteiger partial charge is 0.338 e. The lowest BCUT2D eigenvalue weighted by Crippen LogP contribution is -2.64. The van der Waals surface area contributed by atoms with Crippen molar-refractivity contribution in [1.82, 2.24) is 0 Å². The van der Waals surface area contributed by atoms with Crippen LogP contribution in [-0.2, 0) is 23.7 Å². The number of nitro benzene ring substituents is 1. The van der Waals surface area contributed by atoms with Gasteiger partial charge in [-0.25, -0.2) is 19.2 Å². The van der Waals surface area contributed by atoms with Crippen LogP contribution in [-0.4, -0.2) is 80.2 Å². The zero-order chi connectivity index (χ0) is 46.4. The van der Waals surface area contributed by atoms with Crippen molar-refractivity contribution >= 4 is 41.3 Å². The first-order chi connectivity index (χ1) is 32.0. The van der Waals surface area contributed by atoms with Crippen LogP contribution in [0.25, 0.3) is 6.08 Å². The Bertz CT molecular complexity index is 2740. The summed E-state index contributed by atoms with van der Waals surface area (Å²) in [6, 6.07) is 43.4. The molecule has 6 aromatic carbocycles. The molecule has 0 spiro atoms. The fourth-order valence-electron chi connectivity index (χ4n) is 6.73. The van der Waals surface area contributed by atoms with Gasteiger partial charge in [0.2, 0.25) is 18.1 Å². The van der Waals surface area contributed by atoms with Crippen molar-refractivity contribution in [1.29, 1.82) is 0 Å². The molecule has 1 heterocycles. The third-order valence-corrected chi connectivity index (χ3v) is 10.1. The molecule has 0 aliphatic carbocycles. The number of ether oxygens (including phenoxy) is 6. The second-order valence-electron chi connectivity index (χ2n) is 14.9. The number of hydrogen-bond acceptors (Lipinski definition) is 13. The van der Waals surface area contributed by atoms with Crippen LogP contribution >= 0.6 is 0 Å². The van der Waals surface area contributed by atoms with Crippen molar-refractivity contribution in [2.45, 2.75) is 30.7 Å². The Morgan fingerprint density at radius 1 is 0.636 bits per heavy atom. The normalized spacial score (nSPS) is 17.6. The largest absolute Gasteiger partial charge is 0.459 e. The summed E-state index contributed by atoms with van der Waals surface area (Å²) in [7, 11) is 3.87. The number of benzene rings is 6. The highest BCUT2D eigenvalue weighted by molar-refractivity contribution is 5.91. The summed E-state index contributed by atoms with van der Waals surface area (Å²) >= 11 is 0. The molecule has 0 aromatic heterocycles. The highest BCUT2D eigenvalue weighted by atomic mass is 16.7. The van der Waals surface area contributed by atoms with E-state index in [0.717, 1.165) is 11.3 Å². The fraction of sp³-hybridized carbons (Fsp3) is 0.154. The van der Waals surface area contributed by atoms with Gasteiger partial charge < -0.3 is 33.3 Å². The lowest BCUT2D eigenvalue weighted by atomic mass is 9.97. The summed E-state index contributed by atoms with van der Waals surface area (Å²) in [5.74, 6) is 2.15. The first-order valence-electron chi connectivity index (χ1n) is 20.6. The number of nitro groups is 1. The molecule has 0 N–H and O–H groups in total. The summed E-state index contributed by atoms with van der Waals surface area (Å²) in [4.78, 5) is 69.0. The van der Waals surface area contributed by atoms with E-state index in [9.17, 15) is 29.3 Å². The van der Waals surface area contributed by atoms with E-state index in [1.54, 1.807) is 84.9 Å². The molecule has 1 aliphatic heterocycles. The molecule has 0 amide bonds. The molecule has 332 valence electrons. The highest BCUT2D eigenvalue weighted by Gasteiger charge is 2.54. The molecule has 1 unspecified atom stereocenters. The van der Waals surface area contributed by atoms with Crippen LogP contribution in [0, 0.1) is 22.0 Å². The molecule has 1 aliphatic rings. The van der Waals surface area contributed by atoms with Crippen LogP contribution in [0.2, 0.25) is 0 Å². The monoisotopic (exact) mass is 886 g/mol. The third kappa shape index (κ3) is 11.7. The van der Waals surface area contributed by atoms with E-state index in [4.69, 9.17) is 28.4 Å². The molecule has 0 saturated carbocycles. The molecule has 1 fully saturated rings. The molecular formula is C52H42N2O12. The number of allylic oxidation sites excluding steroid dienone is 1. The Labute approximate surface area is 380 Å². The van der Waals surface area contributed by atoms with Crippen molar-refractivity contribution in [3.8, 4) is 17.6 Å². The van der Waals surface area contributed by atoms with Crippen LogP contribution < -0.4 is 9.64 Å². The molecule has 1 saturated heterocycles. The minimum absolute atomic E-state index is 0.0778. The zero-order valence-corrected chi connectivity index (χ0v) is 35.6. The van der Waals surface area contributed by atoms with Crippen LogP contribution in [0.5, 0.6) is 5.75 Å². The minimum atomic E-state index is -1.83. The van der Waals surface area contributed by atoms with Gasteiger partial charge in [-0.3, -0.25) is 10.1 Å². The summed E-state index contributed by atoms with van der Waals surface area (Å²) in [6.07, 6.45) is -5.34. The number of carbonyl (C=O) groups excluding carboxylic acids is 4. The number of esters is 4. The predicted molar refractivity (Wildman–Crippen MR) is 243 cm³/mol. The van der Waals surface area contributed by atoms with Gasteiger partial charge in [0.1, 0.15) is 12.7 Å². The lowest BCUT2D eigenvalue weighted by molar-refractivity contribution is -0.387. The summed E-state index contributed by atoms with van der Waals surface area (Å²) < 4.78 is 36.7. The molecule has 0 radical (unpaired) electrons. The Morgan fingerprint density at radius 3 is 1.62 bits per heavy atom. The first kappa shape index (κ1) is 45.5. The van der Waals surface area contributed by atoms with Gasteiger partial charge in [0.15, 0.2) is 12.2 Å². The molecule has 66 heavy (non-hydrogen) atoms. The van der Waals surface area contributed by atoms with Gasteiger partial charge in [-0.05, 0) is 103 Å². The van der Waals surface area contributed by atoms with Gasteiger partial charge in [-0.1, -0.05) is 84.6 Å². The molecular weight excluding hydrogens is 845 g/mol. The number of rotatable bonds is 14. The average Bonchev–Trinajstić information content (AvgIpc) is 3.35. The van der Waals surface area contributed by atoms with E-state index in [0.29, 0.717) is 5.56 Å². The van der Waals surface area contributed by atoms with Gasteiger partial charge in [0.25, 0.3) is 0 Å². The Balaban J connectivity index is 1.30. The fourth-order valence-corrected chi connectivity index (χ4v) is 6.73. The van der Waals surface area contributed by atoms with Crippen LogP contribution in [0.4, 0.5) is 11.4 Å². The standard InChI is InChI=1S/C52H42N2O12/c1-53(2)41-30-27-35(28-31-41)17-15-16-18-36-29-32-42(54(59)60)43(33-36)62-52-47(66-51(58)40-25-13-6-14-26-40)46(65-50(57)39-23-11-5-12-24-39)45(64-49(56)38-21-9-4-10-22-38)44(63-52)34-61-48(55)37-19-7-3-8-20-37/h3-14,16,18-33,44-47,52H,34H2,1-2H3/b18-16+/t44-,45-,46+,47-,52?/m1/s1. The highest BCUT2D eigenvalue weighted by Crippen LogP contribution is 2.36. The Hall–Kier alpha value is -8.54. The quantitative estimate of drug-likeness (QED) is 0.0336. The molecule has 0 bridgehead atoms. The first-order valence-corrected chi connectivity index (χ1v) is 20.6. The number of nitrogens with zero attached hydrogens (tertiary/aromatic N) is 2. The Morgan fingerprint density at radius 2 is 1.12 bits per heavy atom. The van der Waals surface area contributed by atoms with Gasteiger partial charge >= 0.3 is 29.6 Å². The van der Waals surface area contributed by atoms with Crippen LogP contribution in [0.3, 0.4) is 0 Å². The van der Waals surface area contributed by atoms with Gasteiger partial charge in [-0.2, -0.15) is 0 Å². The number of anilines is 1. The van der Waals surface area contributed by atoms with E-state index < -0.39 is 71.8 Å². The maximum Gasteiger partial charge on any atom is 0.338 e. The SMILES string of the molecule is CN(C)c1ccc(C#C/C=C/c2ccc([N+](=O)[O-])c(OC3O[C@H](COC(=O)c4ccccc4)[C@@H](OC(=O)c4ccccc4)[C@H](OC(=O)c4ccccc4)[C@H]3OC(=O)c3ccccc3)c2)cc1. The molecule has 14 heteroatoms. The average molecular weight is 887 g/mol. The second-order valence-corrected chi connectivity index (χ2v) is 14.9. The van der Waals surface area contributed by atoms with E-state index in [1.807, 2.05) is 43.3 Å². The van der Waals surface area contributed by atoms with E-state index in [-0.39, 0.29) is 28.0 Å². The number of carbonyl (C=O) groups is 4. The topological polar surface area (TPSA) is 170 Å². The van der Waals surface area contributed by atoms with Crippen LogP contribution in [0.1, 0.15) is 52.6 Å². The van der Waals surface area contributed by atoms with Gasteiger partial charge in [-0.15, -0.1) is 0 Å². The maximum atomic E-state index is 14.0. The summed E-state index contributed by atoms with van der Waals surface area (Å²) in [6.45, 7) is -0.625. The lowest BCUT2D eigenvalue weighted by Gasteiger charge is -2.44. The molecule has 6 aromatic rings. The van der Waals surface area contributed by atoms with Crippen molar-refractivity contribution in [3.05, 3.63) is 213 Å². The molecule has 14 nitrogen and oxygen atoms in total. The molecule has 7 rings (SSSR count). The maximum absolute atomic E-state index is 14.0. The Kier molecular flexibility index (Phi) is 15.0. The van der Waals surface area contributed by atoms with E-state index >= 15 is 0 Å². The van der Waals surface area contributed by atoms with Gasteiger partial charge in [0.05, 0.1) is 27.2 Å². The van der Waals surface area contributed by atoms with E-state index in [2.05, 4.69) is 11.8 Å². The second kappa shape index (κ2) is 21.7. The van der Waals surface area contributed by atoms with Crippen LogP contribution in [0.15, 0.2) is 170 Å². The summed E-state index contributed by atoms with van der Waals surface area (Å²) in [5, 5.41) is 12.5. The third-order valence-electron chi connectivity index (χ3n) is 10.1. The summed E-state index contributed by atoms with van der Waals surface area (Å²) in [5.41, 5.74) is 2.16. The zero-order valence-electron chi connectivity index (χ0n) is 35.6. The van der Waals surface area contributed by atoms with Crippen molar-refractivity contribution in [3.63, 3.8) is 0 Å². The number of hydrogen-bond donors (Lipinski definition) is 0. The van der Waals surface area contributed by atoms with Crippen molar-refractivity contribution in [2.75, 3.05) is 25.6 Å². The van der Waals surface area contributed by atoms with Crippen molar-refractivity contribution < 1.29 is 52.5 Å². The van der Waals surface area contributed by atoms with Crippen molar-refractivity contribution in [2.24, 2.45) is 0 Å². The minimum Gasteiger partial charge on any atom is -0.459 e. The predicted octanol–water partition coefficient (Wildman–Crippen LogP) is 8.36. The van der Waals surface area contributed by atoms with Gasteiger partial charge in [0, 0.05) is 31.4 Å².